The van der Waals surface area contributed by atoms with Gasteiger partial charge in [0.15, 0.2) is 0 Å². The lowest BCUT2D eigenvalue weighted by atomic mass is 10.1. The van der Waals surface area contributed by atoms with Gasteiger partial charge in [-0.15, -0.1) is 0 Å². The maximum Gasteiger partial charge on any atom is 0.224 e. The van der Waals surface area contributed by atoms with Crippen LogP contribution in [0, 0.1) is 6.92 Å². The monoisotopic (exact) mass is 307 g/mol. The molecule has 0 radical (unpaired) electrons. The molecule has 3 aromatic rings. The van der Waals surface area contributed by atoms with Gasteiger partial charge in [0.25, 0.3) is 0 Å². The second kappa shape index (κ2) is 7.09. The highest BCUT2D eigenvalue weighted by molar-refractivity contribution is 5.78. The third-order valence-electron chi connectivity index (χ3n) is 3.96. The molecule has 0 unspecified atom stereocenters. The summed E-state index contributed by atoms with van der Waals surface area (Å²) in [4.78, 5) is 19.8. The van der Waals surface area contributed by atoms with Crippen LogP contribution < -0.4 is 5.32 Å². The number of hydrogen-bond donors (Lipinski definition) is 2. The number of aryl methyl sites for hydroxylation is 2. The molecule has 2 N–H and O–H groups in total. The largest absolute Gasteiger partial charge is 0.356 e. The number of aromatic nitrogens is 2. The number of hydrogen-bond acceptors (Lipinski definition) is 2. The molecule has 118 valence electrons. The smallest absolute Gasteiger partial charge is 0.224 e. The lowest BCUT2D eigenvalue weighted by Crippen LogP contribution is -2.26. The number of benzene rings is 2. The van der Waals surface area contributed by atoms with Crippen molar-refractivity contribution >= 4 is 16.9 Å². The van der Waals surface area contributed by atoms with Gasteiger partial charge in [-0.3, -0.25) is 4.79 Å². The van der Waals surface area contributed by atoms with E-state index in [9.17, 15) is 4.79 Å². The molecule has 3 rings (SSSR count). The summed E-state index contributed by atoms with van der Waals surface area (Å²) < 4.78 is 0. The maximum absolute atomic E-state index is 12.0. The van der Waals surface area contributed by atoms with Crippen LogP contribution in [0.25, 0.3) is 11.0 Å². The van der Waals surface area contributed by atoms with Gasteiger partial charge in [0.2, 0.25) is 5.91 Å². The Kier molecular flexibility index (Phi) is 4.71. The van der Waals surface area contributed by atoms with Crippen LogP contribution in [0.3, 0.4) is 0 Å². The predicted molar refractivity (Wildman–Crippen MR) is 92.3 cm³/mol. The number of aromatic amines is 1. The first-order valence-electron chi connectivity index (χ1n) is 7.97. The molecular weight excluding hydrogens is 286 g/mol. The molecule has 0 aliphatic heterocycles. The second-order valence-corrected chi connectivity index (χ2v) is 5.76. The number of H-pyrrole nitrogens is 1. The Bertz CT molecular complexity index is 774. The molecule has 1 aromatic heterocycles. The molecule has 1 amide bonds. The van der Waals surface area contributed by atoms with Crippen LogP contribution in [0.5, 0.6) is 0 Å². The molecule has 4 nitrogen and oxygen atoms in total. The first-order chi connectivity index (χ1) is 11.2. The summed E-state index contributed by atoms with van der Waals surface area (Å²) in [6, 6.07) is 16.0. The zero-order valence-corrected chi connectivity index (χ0v) is 13.3. The quantitative estimate of drug-likeness (QED) is 0.687. The second-order valence-electron chi connectivity index (χ2n) is 5.76. The van der Waals surface area contributed by atoms with Crippen LogP contribution in [0.1, 0.15) is 23.4 Å². The zero-order valence-electron chi connectivity index (χ0n) is 13.3. The number of nitrogens with one attached hydrogen (secondary N) is 2. The summed E-state index contributed by atoms with van der Waals surface area (Å²) in [5.41, 5.74) is 4.30. The highest BCUT2D eigenvalue weighted by Gasteiger charge is 2.06. The van der Waals surface area contributed by atoms with E-state index in [1.807, 2.05) is 55.5 Å². The summed E-state index contributed by atoms with van der Waals surface area (Å²) in [6.45, 7) is 2.70. The van der Waals surface area contributed by atoms with Crippen LogP contribution in [-0.4, -0.2) is 22.4 Å². The summed E-state index contributed by atoms with van der Waals surface area (Å²) in [7, 11) is 0. The first-order valence-corrected chi connectivity index (χ1v) is 7.97. The summed E-state index contributed by atoms with van der Waals surface area (Å²) in [6.07, 6.45) is 2.15. The summed E-state index contributed by atoms with van der Waals surface area (Å²) >= 11 is 0. The van der Waals surface area contributed by atoms with E-state index in [4.69, 9.17) is 0 Å². The predicted octanol–water partition coefficient (Wildman–Crippen LogP) is 3.16. The van der Waals surface area contributed by atoms with Crippen LogP contribution in [0.15, 0.2) is 48.5 Å². The van der Waals surface area contributed by atoms with Crippen LogP contribution in [0.2, 0.25) is 0 Å². The van der Waals surface area contributed by atoms with Gasteiger partial charge in [0.1, 0.15) is 5.82 Å². The van der Waals surface area contributed by atoms with Crippen molar-refractivity contribution in [3.05, 3.63) is 65.5 Å². The van der Waals surface area contributed by atoms with E-state index in [1.165, 1.54) is 0 Å². The van der Waals surface area contributed by atoms with Crippen molar-refractivity contribution in [2.75, 3.05) is 6.54 Å². The Balaban J connectivity index is 1.44. The van der Waals surface area contributed by atoms with Gasteiger partial charge in [-0.05, 0) is 36.6 Å². The third kappa shape index (κ3) is 3.97. The molecule has 0 spiro atoms. The van der Waals surface area contributed by atoms with Crippen molar-refractivity contribution in [1.82, 2.24) is 15.3 Å². The summed E-state index contributed by atoms with van der Waals surface area (Å²) in [5.74, 6) is 1.04. The molecule has 0 atom stereocenters. The summed E-state index contributed by atoms with van der Waals surface area (Å²) in [5, 5.41) is 2.98. The molecule has 0 bridgehead atoms. The topological polar surface area (TPSA) is 57.8 Å². The Labute approximate surface area is 136 Å². The van der Waals surface area contributed by atoms with Crippen molar-refractivity contribution < 1.29 is 4.79 Å². The SMILES string of the molecule is Cc1ccccc1CC(=O)NCCCc1nc2ccccc2[nH]1. The number of carbonyl (C=O) groups excluding carboxylic acids is 1. The molecule has 2 aromatic carbocycles. The molecule has 4 heteroatoms. The van der Waals surface area contributed by atoms with Crippen molar-refractivity contribution in [2.45, 2.75) is 26.2 Å². The van der Waals surface area contributed by atoms with Gasteiger partial charge < -0.3 is 10.3 Å². The minimum Gasteiger partial charge on any atom is -0.356 e. The van der Waals surface area contributed by atoms with Gasteiger partial charge in [-0.2, -0.15) is 0 Å². The zero-order chi connectivity index (χ0) is 16.1. The van der Waals surface area contributed by atoms with E-state index in [-0.39, 0.29) is 5.91 Å². The van der Waals surface area contributed by atoms with Gasteiger partial charge in [-0.25, -0.2) is 4.98 Å². The average Bonchev–Trinajstić information content (AvgIpc) is 2.96. The van der Waals surface area contributed by atoms with Gasteiger partial charge in [0.05, 0.1) is 17.5 Å². The van der Waals surface area contributed by atoms with E-state index in [0.717, 1.165) is 40.8 Å². The van der Waals surface area contributed by atoms with Gasteiger partial charge >= 0.3 is 0 Å². The van der Waals surface area contributed by atoms with E-state index < -0.39 is 0 Å². The molecule has 0 aliphatic rings. The molecule has 0 saturated carbocycles. The average molecular weight is 307 g/mol. The number of nitrogens with zero attached hydrogens (tertiary/aromatic N) is 1. The van der Waals surface area contributed by atoms with Crippen molar-refractivity contribution in [2.24, 2.45) is 0 Å². The molecule has 0 saturated heterocycles. The van der Waals surface area contributed by atoms with E-state index in [1.54, 1.807) is 0 Å². The Morgan fingerprint density at radius 3 is 2.74 bits per heavy atom. The number of rotatable bonds is 6. The van der Waals surface area contributed by atoms with Crippen LogP contribution in [-0.2, 0) is 17.6 Å². The standard InChI is InChI=1S/C19H21N3O/c1-14-7-2-3-8-15(14)13-19(23)20-12-6-11-18-21-16-9-4-5-10-17(16)22-18/h2-5,7-10H,6,11-13H2,1H3,(H,20,23)(H,21,22). The lowest BCUT2D eigenvalue weighted by Gasteiger charge is -2.06. The molecular formula is C19H21N3O. The number of para-hydroxylation sites is 2. The number of fused-ring (bicyclic) bond motifs is 1. The van der Waals surface area contributed by atoms with E-state index >= 15 is 0 Å². The van der Waals surface area contributed by atoms with Gasteiger partial charge in [-0.1, -0.05) is 36.4 Å². The minimum absolute atomic E-state index is 0.0731. The third-order valence-corrected chi connectivity index (χ3v) is 3.96. The number of carbonyl (C=O) groups is 1. The first kappa shape index (κ1) is 15.3. The fourth-order valence-corrected chi connectivity index (χ4v) is 2.65. The van der Waals surface area contributed by atoms with Crippen LogP contribution >= 0.6 is 0 Å². The fourth-order valence-electron chi connectivity index (χ4n) is 2.65. The highest BCUT2D eigenvalue weighted by atomic mass is 16.1. The van der Waals surface area contributed by atoms with E-state index in [2.05, 4.69) is 15.3 Å². The fraction of sp³-hybridized carbons (Fsp3) is 0.263. The molecule has 23 heavy (non-hydrogen) atoms. The van der Waals surface area contributed by atoms with Crippen molar-refractivity contribution in [3.8, 4) is 0 Å². The molecule has 0 fully saturated rings. The minimum atomic E-state index is 0.0731. The Morgan fingerprint density at radius 1 is 1.13 bits per heavy atom. The Hall–Kier alpha value is -2.62. The van der Waals surface area contributed by atoms with Crippen molar-refractivity contribution in [1.29, 1.82) is 0 Å². The van der Waals surface area contributed by atoms with Crippen LogP contribution in [0.4, 0.5) is 0 Å². The number of amides is 1. The van der Waals surface area contributed by atoms with E-state index in [0.29, 0.717) is 13.0 Å². The Morgan fingerprint density at radius 2 is 1.91 bits per heavy atom. The molecule has 0 aliphatic carbocycles. The van der Waals surface area contributed by atoms with Crippen molar-refractivity contribution in [3.63, 3.8) is 0 Å². The van der Waals surface area contributed by atoms with Gasteiger partial charge in [0, 0.05) is 13.0 Å². The number of imidazole rings is 1. The molecule has 1 heterocycles. The highest BCUT2D eigenvalue weighted by Crippen LogP contribution is 2.11. The maximum atomic E-state index is 12.0. The normalized spacial score (nSPS) is 10.8. The lowest BCUT2D eigenvalue weighted by molar-refractivity contribution is -0.120.